The van der Waals surface area contributed by atoms with Gasteiger partial charge in [0.25, 0.3) is 5.56 Å². The molecule has 2 aromatic heterocycles. The molecular formula is C25H22N4O3. The number of aromatic nitrogens is 3. The van der Waals surface area contributed by atoms with Gasteiger partial charge in [0.2, 0.25) is 5.95 Å². The Hall–Kier alpha value is -4.00. The Labute approximate surface area is 184 Å². The van der Waals surface area contributed by atoms with Crippen LogP contribution in [0.3, 0.4) is 0 Å². The zero-order chi connectivity index (χ0) is 22.1. The number of nitrogens with one attached hydrogen (secondary N) is 2. The van der Waals surface area contributed by atoms with E-state index in [9.17, 15) is 14.7 Å². The summed E-state index contributed by atoms with van der Waals surface area (Å²) in [6.45, 7) is 0.608. The van der Waals surface area contributed by atoms with Crippen LogP contribution in [0.4, 0.5) is 5.95 Å². The normalized spacial score (nSPS) is 15.5. The minimum Gasteiger partial charge on any atom is -0.508 e. The molecule has 0 amide bonds. The molecule has 1 aliphatic rings. The van der Waals surface area contributed by atoms with E-state index in [1.807, 2.05) is 42.5 Å². The summed E-state index contributed by atoms with van der Waals surface area (Å²) in [6.07, 6.45) is 3.03. The van der Waals surface area contributed by atoms with Crippen LogP contribution in [-0.4, -0.2) is 32.4 Å². The molecule has 2 heterocycles. The lowest BCUT2D eigenvalue weighted by molar-refractivity contribution is 0.0964. The predicted molar refractivity (Wildman–Crippen MR) is 122 cm³/mol. The molecule has 0 bridgehead atoms. The summed E-state index contributed by atoms with van der Waals surface area (Å²) >= 11 is 0. The number of fused-ring (bicyclic) bond motifs is 3. The number of para-hydroxylation sites is 1. The first-order chi connectivity index (χ1) is 15.6. The number of pyridine rings is 1. The van der Waals surface area contributed by atoms with Gasteiger partial charge in [-0.05, 0) is 41.5 Å². The van der Waals surface area contributed by atoms with Gasteiger partial charge in [-0.3, -0.25) is 14.6 Å². The highest BCUT2D eigenvalue weighted by Gasteiger charge is 2.30. The number of aromatic hydroxyl groups is 1. The molecule has 3 N–H and O–H groups in total. The zero-order valence-corrected chi connectivity index (χ0v) is 17.3. The van der Waals surface area contributed by atoms with Crippen LogP contribution in [0.2, 0.25) is 0 Å². The molecule has 2 aromatic carbocycles. The quantitative estimate of drug-likeness (QED) is 0.450. The van der Waals surface area contributed by atoms with Gasteiger partial charge in [-0.2, -0.15) is 4.98 Å². The first kappa shape index (κ1) is 19.9. The number of carbonyl (C=O) groups is 1. The molecule has 4 aromatic rings. The van der Waals surface area contributed by atoms with E-state index in [4.69, 9.17) is 0 Å². The number of hydrogen-bond donors (Lipinski definition) is 3. The van der Waals surface area contributed by atoms with Gasteiger partial charge in [0.05, 0.1) is 5.39 Å². The van der Waals surface area contributed by atoms with E-state index in [1.54, 1.807) is 12.1 Å². The number of phenolic OH excluding ortho intramolecular Hbond substituents is 1. The third kappa shape index (κ3) is 3.73. The van der Waals surface area contributed by atoms with Crippen LogP contribution in [-0.2, 0) is 12.8 Å². The highest BCUT2D eigenvalue weighted by molar-refractivity contribution is 6.02. The first-order valence-corrected chi connectivity index (χ1v) is 10.6. The molecule has 0 unspecified atom stereocenters. The molecule has 0 spiro atoms. The van der Waals surface area contributed by atoms with E-state index in [2.05, 4.69) is 20.3 Å². The Morgan fingerprint density at radius 3 is 2.62 bits per heavy atom. The van der Waals surface area contributed by atoms with Gasteiger partial charge in [0.1, 0.15) is 5.75 Å². The lowest BCUT2D eigenvalue weighted by Gasteiger charge is -2.25. The predicted octanol–water partition coefficient (Wildman–Crippen LogP) is 3.59. The average Bonchev–Trinajstić information content (AvgIpc) is 2.79. The molecule has 0 radical (unpaired) electrons. The summed E-state index contributed by atoms with van der Waals surface area (Å²) in [6, 6.07) is 17.1. The van der Waals surface area contributed by atoms with Crippen molar-refractivity contribution in [3.05, 3.63) is 93.4 Å². The summed E-state index contributed by atoms with van der Waals surface area (Å²) in [5, 5.41) is 13.7. The van der Waals surface area contributed by atoms with Crippen LogP contribution in [0.5, 0.6) is 5.75 Å². The van der Waals surface area contributed by atoms with Crippen LogP contribution in [0.15, 0.2) is 65.6 Å². The Bertz CT molecular complexity index is 1360. The van der Waals surface area contributed by atoms with Crippen molar-refractivity contribution in [2.75, 3.05) is 11.9 Å². The highest BCUT2D eigenvalue weighted by Crippen LogP contribution is 2.37. The maximum Gasteiger partial charge on any atom is 0.262 e. The number of hydrogen-bond acceptors (Lipinski definition) is 6. The van der Waals surface area contributed by atoms with E-state index < -0.39 is 0 Å². The second kappa shape index (κ2) is 8.26. The number of nitrogens with zero attached hydrogens (tertiary/aromatic N) is 2. The number of ketones is 1. The second-order valence-electron chi connectivity index (χ2n) is 8.01. The van der Waals surface area contributed by atoms with Gasteiger partial charge in [0, 0.05) is 24.7 Å². The monoisotopic (exact) mass is 426 g/mol. The van der Waals surface area contributed by atoms with Gasteiger partial charge < -0.3 is 10.4 Å². The van der Waals surface area contributed by atoms with Crippen LogP contribution in [0.25, 0.3) is 11.0 Å². The van der Waals surface area contributed by atoms with Crippen molar-refractivity contribution in [3.63, 3.8) is 0 Å². The molecule has 1 atom stereocenters. The molecule has 5 rings (SSSR count). The van der Waals surface area contributed by atoms with E-state index in [0.29, 0.717) is 46.6 Å². The van der Waals surface area contributed by atoms with Gasteiger partial charge in [0.15, 0.2) is 11.4 Å². The van der Waals surface area contributed by atoms with Crippen molar-refractivity contribution in [2.45, 2.75) is 25.2 Å². The van der Waals surface area contributed by atoms with Crippen molar-refractivity contribution >= 4 is 22.8 Å². The average molecular weight is 426 g/mol. The Morgan fingerprint density at radius 2 is 1.81 bits per heavy atom. The maximum absolute atomic E-state index is 13.0. The number of H-pyrrole nitrogens is 1. The van der Waals surface area contributed by atoms with Crippen molar-refractivity contribution < 1.29 is 9.90 Å². The topological polar surface area (TPSA) is 108 Å². The number of aromatic amines is 1. The van der Waals surface area contributed by atoms with E-state index in [0.717, 1.165) is 6.42 Å². The van der Waals surface area contributed by atoms with Crippen LogP contribution in [0, 0.1) is 0 Å². The first-order valence-electron chi connectivity index (χ1n) is 10.6. The Balaban J connectivity index is 1.46. The standard InChI is InChI=1S/C25H22N4O3/c30-20-9-5-4-8-17(20)16-12-18-19(21(31)13-16)14-27-23-22(18)24(32)29-25(28-23)26-11-10-15-6-2-1-3-7-15/h1-9,14,16,30H,10-13H2,(H2,26,27,28,29,32)/t16-/m1/s1. The van der Waals surface area contributed by atoms with E-state index in [-0.39, 0.29) is 29.4 Å². The molecule has 7 nitrogen and oxygen atoms in total. The smallest absolute Gasteiger partial charge is 0.262 e. The summed E-state index contributed by atoms with van der Waals surface area (Å²) in [5.41, 5.74) is 2.97. The molecular weight excluding hydrogens is 404 g/mol. The summed E-state index contributed by atoms with van der Waals surface area (Å²) in [4.78, 5) is 37.4. The third-order valence-corrected chi connectivity index (χ3v) is 5.95. The van der Waals surface area contributed by atoms with Crippen LogP contribution in [0.1, 0.15) is 39.4 Å². The van der Waals surface area contributed by atoms with E-state index in [1.165, 1.54) is 11.8 Å². The summed E-state index contributed by atoms with van der Waals surface area (Å²) in [7, 11) is 0. The molecule has 7 heteroatoms. The number of anilines is 1. The second-order valence-corrected chi connectivity index (χ2v) is 8.01. The van der Waals surface area contributed by atoms with Crippen molar-refractivity contribution in [1.29, 1.82) is 0 Å². The fraction of sp³-hybridized carbons (Fsp3) is 0.200. The number of carbonyl (C=O) groups excluding carboxylic acids is 1. The number of Topliss-reactive ketones (excluding diaryl/α,β-unsaturated/α-hetero) is 1. The van der Waals surface area contributed by atoms with Crippen molar-refractivity contribution in [1.82, 2.24) is 15.0 Å². The number of phenols is 1. The summed E-state index contributed by atoms with van der Waals surface area (Å²) < 4.78 is 0. The number of benzene rings is 2. The minimum atomic E-state index is -0.327. The third-order valence-electron chi connectivity index (χ3n) is 5.95. The van der Waals surface area contributed by atoms with Crippen molar-refractivity contribution in [3.8, 4) is 5.75 Å². The van der Waals surface area contributed by atoms with Gasteiger partial charge in [-0.15, -0.1) is 0 Å². The molecule has 160 valence electrons. The van der Waals surface area contributed by atoms with Crippen LogP contribution < -0.4 is 10.9 Å². The fourth-order valence-corrected chi connectivity index (χ4v) is 4.38. The molecule has 0 fully saturated rings. The maximum atomic E-state index is 13.0. The number of rotatable bonds is 5. The molecule has 1 aliphatic carbocycles. The summed E-state index contributed by atoms with van der Waals surface area (Å²) in [5.74, 6) is 0.220. The zero-order valence-electron chi connectivity index (χ0n) is 17.3. The largest absolute Gasteiger partial charge is 0.508 e. The van der Waals surface area contributed by atoms with Crippen molar-refractivity contribution in [2.24, 2.45) is 0 Å². The van der Waals surface area contributed by atoms with Gasteiger partial charge in [-0.1, -0.05) is 48.5 Å². The van der Waals surface area contributed by atoms with Crippen LogP contribution >= 0.6 is 0 Å². The molecule has 0 saturated carbocycles. The van der Waals surface area contributed by atoms with Gasteiger partial charge >= 0.3 is 0 Å². The molecule has 0 saturated heterocycles. The molecule has 32 heavy (non-hydrogen) atoms. The van der Waals surface area contributed by atoms with E-state index >= 15 is 0 Å². The molecule has 0 aliphatic heterocycles. The van der Waals surface area contributed by atoms with Gasteiger partial charge in [-0.25, -0.2) is 4.98 Å². The Kier molecular flexibility index (Phi) is 5.15. The lowest BCUT2D eigenvalue weighted by Crippen LogP contribution is -2.23. The fourth-order valence-electron chi connectivity index (χ4n) is 4.38. The lowest BCUT2D eigenvalue weighted by atomic mass is 9.79. The SMILES string of the molecule is O=C1C[C@H](c2ccccc2O)Cc2c1cnc1nc(NCCc3ccccc3)[nH]c(=O)c21. The highest BCUT2D eigenvalue weighted by atomic mass is 16.3. The Morgan fingerprint density at radius 1 is 1.03 bits per heavy atom. The minimum absolute atomic E-state index is 0.0848.